The van der Waals surface area contributed by atoms with Gasteiger partial charge < -0.3 is 35.2 Å². The molecule has 0 spiro atoms. The van der Waals surface area contributed by atoms with Gasteiger partial charge in [0, 0.05) is 13.5 Å². The third kappa shape index (κ3) is 4.21. The predicted octanol–water partition coefficient (Wildman–Crippen LogP) is -0.179. The molecule has 0 amide bonds. The summed E-state index contributed by atoms with van der Waals surface area (Å²) in [4.78, 5) is 30.7. The molecule has 14 heteroatoms. The number of nitrogen functional groups attached to an aromatic ring is 1. The van der Waals surface area contributed by atoms with E-state index in [0.29, 0.717) is 6.42 Å². The molecule has 0 aromatic carbocycles. The maximum absolute atomic E-state index is 12.5. The third-order valence-corrected chi connectivity index (χ3v) is 8.09. The molecule has 3 heterocycles. The van der Waals surface area contributed by atoms with Crippen molar-refractivity contribution in [2.75, 3.05) is 5.73 Å². The van der Waals surface area contributed by atoms with Gasteiger partial charge in [-0.3, -0.25) is 18.5 Å². The highest BCUT2D eigenvalue weighted by Crippen LogP contribution is 2.57. The molecular weight excluding hydrogens is 445 g/mol. The second-order valence-corrected chi connectivity index (χ2v) is 10.4. The van der Waals surface area contributed by atoms with Crippen LogP contribution in [0.15, 0.2) is 11.1 Å². The quantitative estimate of drug-likeness (QED) is 0.318. The molecule has 1 fully saturated rings. The molecule has 3 rings (SSSR count). The number of aromatic nitrogens is 4. The van der Waals surface area contributed by atoms with E-state index in [9.17, 15) is 29.6 Å². The minimum absolute atomic E-state index is 0.00382. The Morgan fingerprint density at radius 2 is 2.03 bits per heavy atom. The molecule has 180 valence electrons. The SMILES string of the molecule is CCC(CC1O[C@@H](n2cnc3c(=O)n(C)c(N)nc32)[C@H](O)[C@@H]1O)OP(=O)(O)C(C)(O)CC. The first kappa shape index (κ1) is 24.8. The van der Waals surface area contributed by atoms with E-state index in [0.717, 1.165) is 4.57 Å². The smallest absolute Gasteiger partial charge is 0.359 e. The molecule has 0 radical (unpaired) electrons. The van der Waals surface area contributed by atoms with Crippen LogP contribution in [0.4, 0.5) is 5.95 Å². The van der Waals surface area contributed by atoms with E-state index in [-0.39, 0.29) is 30.0 Å². The van der Waals surface area contributed by atoms with Gasteiger partial charge in [0.1, 0.15) is 12.2 Å². The second-order valence-electron chi connectivity index (χ2n) is 8.17. The van der Waals surface area contributed by atoms with E-state index in [4.69, 9.17) is 15.0 Å². The van der Waals surface area contributed by atoms with Crippen LogP contribution in [0.3, 0.4) is 0 Å². The monoisotopic (exact) mass is 475 g/mol. The van der Waals surface area contributed by atoms with E-state index < -0.39 is 49.1 Å². The Kier molecular flexibility index (Phi) is 6.83. The highest BCUT2D eigenvalue weighted by molar-refractivity contribution is 7.54. The van der Waals surface area contributed by atoms with Crippen molar-refractivity contribution < 1.29 is 34.0 Å². The second kappa shape index (κ2) is 8.82. The van der Waals surface area contributed by atoms with Crippen molar-refractivity contribution in [3.8, 4) is 0 Å². The Bertz CT molecular complexity index is 1090. The molecule has 1 aliphatic rings. The highest BCUT2D eigenvalue weighted by Gasteiger charge is 2.47. The van der Waals surface area contributed by atoms with Crippen molar-refractivity contribution in [1.82, 2.24) is 19.1 Å². The summed E-state index contributed by atoms with van der Waals surface area (Å²) in [5.74, 6) is -0.0602. The van der Waals surface area contributed by atoms with Crippen LogP contribution in [0, 0.1) is 0 Å². The number of anilines is 1. The van der Waals surface area contributed by atoms with E-state index >= 15 is 0 Å². The number of hydrogen-bond acceptors (Lipinski definition) is 10. The van der Waals surface area contributed by atoms with Crippen LogP contribution >= 0.6 is 7.60 Å². The van der Waals surface area contributed by atoms with Gasteiger partial charge in [0.25, 0.3) is 5.56 Å². The highest BCUT2D eigenvalue weighted by atomic mass is 31.2. The van der Waals surface area contributed by atoms with E-state index in [1.165, 1.54) is 24.9 Å². The predicted molar refractivity (Wildman–Crippen MR) is 114 cm³/mol. The summed E-state index contributed by atoms with van der Waals surface area (Å²) in [5.41, 5.74) is 5.40. The van der Waals surface area contributed by atoms with Crippen LogP contribution < -0.4 is 11.3 Å². The van der Waals surface area contributed by atoms with Crippen molar-refractivity contribution in [3.63, 3.8) is 0 Å². The fourth-order valence-corrected chi connectivity index (χ4v) is 4.73. The summed E-state index contributed by atoms with van der Waals surface area (Å²) < 4.78 is 26.1. The van der Waals surface area contributed by atoms with Crippen molar-refractivity contribution >= 4 is 24.7 Å². The van der Waals surface area contributed by atoms with Gasteiger partial charge >= 0.3 is 7.60 Å². The number of aliphatic hydroxyl groups is 3. The summed E-state index contributed by atoms with van der Waals surface area (Å²) in [7, 11) is -2.94. The Hall–Kier alpha value is -1.86. The molecule has 2 aromatic heterocycles. The molecule has 7 atom stereocenters. The third-order valence-electron chi connectivity index (χ3n) is 5.97. The number of rotatable bonds is 8. The van der Waals surface area contributed by atoms with Crippen molar-refractivity contribution in [3.05, 3.63) is 16.7 Å². The minimum atomic E-state index is -4.39. The average molecular weight is 475 g/mol. The van der Waals surface area contributed by atoms with Crippen LogP contribution in [0.2, 0.25) is 0 Å². The largest absolute Gasteiger partial charge is 0.388 e. The molecule has 13 nitrogen and oxygen atoms in total. The average Bonchev–Trinajstić information content (AvgIpc) is 3.27. The zero-order valence-corrected chi connectivity index (χ0v) is 19.2. The number of ether oxygens (including phenoxy) is 1. The van der Waals surface area contributed by atoms with E-state index in [1.807, 2.05) is 0 Å². The Morgan fingerprint density at radius 1 is 1.38 bits per heavy atom. The van der Waals surface area contributed by atoms with Crippen LogP contribution in [-0.2, 0) is 20.9 Å². The van der Waals surface area contributed by atoms with Gasteiger partial charge in [-0.2, -0.15) is 4.98 Å². The first-order valence-electron chi connectivity index (χ1n) is 10.3. The fraction of sp³-hybridized carbons (Fsp3) is 0.722. The summed E-state index contributed by atoms with van der Waals surface area (Å²) in [6.07, 6.45) is -4.16. The molecule has 6 N–H and O–H groups in total. The number of hydrogen-bond donors (Lipinski definition) is 5. The zero-order valence-electron chi connectivity index (χ0n) is 18.3. The number of nitrogens with zero attached hydrogens (tertiary/aromatic N) is 4. The van der Waals surface area contributed by atoms with Gasteiger partial charge in [-0.15, -0.1) is 0 Å². The first-order chi connectivity index (χ1) is 14.8. The summed E-state index contributed by atoms with van der Waals surface area (Å²) in [6, 6.07) is 0. The van der Waals surface area contributed by atoms with Gasteiger partial charge in [-0.25, -0.2) is 4.98 Å². The summed E-state index contributed by atoms with van der Waals surface area (Å²) >= 11 is 0. The topological polar surface area (TPSA) is 195 Å². The standard InChI is InChI=1S/C18H30N5O8P/c1-5-9(31-32(28,29)18(3,27)6-2)7-10-12(24)13(25)16(30-10)23-8-20-11-14(23)21-17(19)22(4)15(11)26/h8-10,12-13,16,24-25,27H,5-7H2,1-4H3,(H2,19,21)(H,28,29)/t9?,10?,12-,13-,16-,18?/m1/s1. The number of fused-ring (bicyclic) bond motifs is 1. The molecule has 0 bridgehead atoms. The minimum Gasteiger partial charge on any atom is -0.388 e. The van der Waals surface area contributed by atoms with E-state index in [2.05, 4.69) is 9.97 Å². The Morgan fingerprint density at radius 3 is 2.62 bits per heavy atom. The molecular formula is C18H30N5O8P. The molecule has 0 saturated carbocycles. The maximum Gasteiger partial charge on any atom is 0.359 e. The lowest BCUT2D eigenvalue weighted by molar-refractivity contribution is -0.0490. The van der Waals surface area contributed by atoms with Crippen molar-refractivity contribution in [1.29, 1.82) is 0 Å². The van der Waals surface area contributed by atoms with Gasteiger partial charge in [-0.1, -0.05) is 13.8 Å². The zero-order chi connectivity index (χ0) is 24.0. The summed E-state index contributed by atoms with van der Waals surface area (Å²) in [6.45, 7) is 4.49. The van der Waals surface area contributed by atoms with Gasteiger partial charge in [-0.05, 0) is 19.8 Å². The number of imidazole rings is 1. The van der Waals surface area contributed by atoms with Crippen LogP contribution in [0.5, 0.6) is 0 Å². The molecule has 1 saturated heterocycles. The van der Waals surface area contributed by atoms with Gasteiger partial charge in [0.05, 0.1) is 18.5 Å². The Labute approximate surface area is 184 Å². The fourth-order valence-electron chi connectivity index (χ4n) is 3.46. The van der Waals surface area contributed by atoms with Crippen LogP contribution in [0.25, 0.3) is 11.2 Å². The van der Waals surface area contributed by atoms with Crippen molar-refractivity contribution in [2.45, 2.75) is 76.0 Å². The number of aliphatic hydroxyl groups excluding tert-OH is 2. The molecule has 4 unspecified atom stereocenters. The van der Waals surface area contributed by atoms with Gasteiger partial charge in [0.2, 0.25) is 5.95 Å². The lowest BCUT2D eigenvalue weighted by Crippen LogP contribution is -2.34. The van der Waals surface area contributed by atoms with Crippen molar-refractivity contribution in [2.24, 2.45) is 7.05 Å². The maximum atomic E-state index is 12.5. The molecule has 1 aliphatic heterocycles. The molecule has 0 aliphatic carbocycles. The summed E-state index contributed by atoms with van der Waals surface area (Å²) in [5, 5.41) is 29.4. The van der Waals surface area contributed by atoms with Crippen LogP contribution in [-0.4, -0.2) is 69.1 Å². The van der Waals surface area contributed by atoms with E-state index in [1.54, 1.807) is 13.8 Å². The molecule has 32 heavy (non-hydrogen) atoms. The molecule has 2 aromatic rings. The van der Waals surface area contributed by atoms with Gasteiger partial charge in [0.15, 0.2) is 22.7 Å². The lowest BCUT2D eigenvalue weighted by Gasteiger charge is -2.31. The first-order valence-corrected chi connectivity index (χ1v) is 11.9. The Balaban J connectivity index is 1.83. The van der Waals surface area contributed by atoms with Crippen LogP contribution in [0.1, 0.15) is 46.3 Å². The number of nitrogens with two attached hydrogens (primary N) is 1. The normalized spacial score (nSPS) is 28.5. The lowest BCUT2D eigenvalue weighted by atomic mass is 10.0.